The van der Waals surface area contributed by atoms with Crippen molar-refractivity contribution in [2.24, 2.45) is 5.73 Å². The first-order valence-electron chi connectivity index (χ1n) is 5.64. The van der Waals surface area contributed by atoms with Gasteiger partial charge in [0.15, 0.2) is 0 Å². The Kier molecular flexibility index (Phi) is 4.29. The molecule has 5 nitrogen and oxygen atoms in total. The molecule has 1 rings (SSSR count). The maximum absolute atomic E-state index is 11.2. The van der Waals surface area contributed by atoms with Crippen molar-refractivity contribution in [3.8, 4) is 0 Å². The molecule has 0 bridgehead atoms. The van der Waals surface area contributed by atoms with E-state index in [1.807, 2.05) is 0 Å². The van der Waals surface area contributed by atoms with Crippen molar-refractivity contribution in [3.05, 3.63) is 0 Å². The molecule has 1 aliphatic rings. The number of hydrogen-bond donors (Lipinski definition) is 1. The van der Waals surface area contributed by atoms with Gasteiger partial charge in [0.25, 0.3) is 0 Å². The van der Waals surface area contributed by atoms with Crippen LogP contribution >= 0.6 is 0 Å². The van der Waals surface area contributed by atoms with Gasteiger partial charge in [-0.3, -0.25) is 14.6 Å². The summed E-state index contributed by atoms with van der Waals surface area (Å²) in [7, 11) is 3.49. The summed E-state index contributed by atoms with van der Waals surface area (Å²) >= 11 is 0. The van der Waals surface area contributed by atoms with E-state index in [9.17, 15) is 4.79 Å². The maximum Gasteiger partial charge on any atom is 0.323 e. The lowest BCUT2D eigenvalue weighted by Gasteiger charge is -2.45. The van der Waals surface area contributed by atoms with Crippen LogP contribution in [0.5, 0.6) is 0 Å². The third kappa shape index (κ3) is 3.17. The quantitative estimate of drug-likeness (QED) is 0.662. The Balaban J connectivity index is 2.48. The number of likely N-dealkylation sites (N-methyl/N-ethyl adjacent to an activating group) is 1. The van der Waals surface area contributed by atoms with Gasteiger partial charge in [0, 0.05) is 31.7 Å². The minimum absolute atomic E-state index is 0.133. The first-order chi connectivity index (χ1) is 7.36. The summed E-state index contributed by atoms with van der Waals surface area (Å²) < 4.78 is 4.63. The van der Waals surface area contributed by atoms with E-state index in [1.165, 1.54) is 7.11 Å². The van der Waals surface area contributed by atoms with E-state index in [4.69, 9.17) is 5.73 Å². The number of hydrogen-bond acceptors (Lipinski definition) is 5. The zero-order chi connectivity index (χ0) is 12.3. The van der Waals surface area contributed by atoms with Gasteiger partial charge in [-0.2, -0.15) is 0 Å². The highest BCUT2D eigenvalue weighted by Gasteiger charge is 2.32. The summed E-state index contributed by atoms with van der Waals surface area (Å²) in [5, 5.41) is 0. The maximum atomic E-state index is 11.2. The first-order valence-corrected chi connectivity index (χ1v) is 5.64. The molecule has 0 amide bonds. The summed E-state index contributed by atoms with van der Waals surface area (Å²) in [4.78, 5) is 15.8. The fraction of sp³-hybridized carbons (Fsp3) is 0.909. The van der Waals surface area contributed by atoms with Crippen molar-refractivity contribution in [1.82, 2.24) is 9.80 Å². The van der Waals surface area contributed by atoms with Crippen LogP contribution in [0.2, 0.25) is 0 Å². The fourth-order valence-electron chi connectivity index (χ4n) is 2.00. The number of nitrogens with zero attached hydrogens (tertiary/aromatic N) is 2. The Hall–Kier alpha value is -0.650. The average molecular weight is 229 g/mol. The number of esters is 1. The van der Waals surface area contributed by atoms with Crippen LogP contribution in [0.4, 0.5) is 0 Å². The topological polar surface area (TPSA) is 58.8 Å². The molecule has 94 valence electrons. The van der Waals surface area contributed by atoms with Crippen molar-refractivity contribution in [2.45, 2.75) is 25.4 Å². The minimum atomic E-state index is -0.538. The molecule has 1 unspecified atom stereocenters. The number of piperazine rings is 1. The predicted octanol–water partition coefficient (Wildman–Crippen LogP) is -0.487. The van der Waals surface area contributed by atoms with Gasteiger partial charge in [0.2, 0.25) is 0 Å². The molecule has 0 radical (unpaired) electrons. The standard InChI is InChI=1S/C11H23N3O2/c1-11(2)8-14(6-5-13(11)3)7-9(12)10(15)16-4/h9H,5-8,12H2,1-4H3. The molecule has 16 heavy (non-hydrogen) atoms. The third-order valence-electron chi connectivity index (χ3n) is 3.35. The molecular formula is C11H23N3O2. The van der Waals surface area contributed by atoms with Crippen molar-refractivity contribution >= 4 is 5.97 Å². The molecule has 0 aromatic rings. The van der Waals surface area contributed by atoms with Crippen LogP contribution in [0, 0.1) is 0 Å². The molecule has 0 aliphatic carbocycles. The summed E-state index contributed by atoms with van der Waals surface area (Å²) in [6.07, 6.45) is 0. The first kappa shape index (κ1) is 13.4. The number of rotatable bonds is 3. The Bertz CT molecular complexity index is 256. The van der Waals surface area contributed by atoms with Gasteiger partial charge < -0.3 is 10.5 Å². The molecule has 2 N–H and O–H groups in total. The lowest BCUT2D eigenvalue weighted by Crippen LogP contribution is -2.59. The molecular weight excluding hydrogens is 206 g/mol. The Morgan fingerprint density at radius 2 is 2.12 bits per heavy atom. The molecule has 5 heteroatoms. The fourth-order valence-corrected chi connectivity index (χ4v) is 2.00. The van der Waals surface area contributed by atoms with E-state index in [0.717, 1.165) is 19.6 Å². The smallest absolute Gasteiger partial charge is 0.323 e. The number of carbonyl (C=O) groups excluding carboxylic acids is 1. The minimum Gasteiger partial charge on any atom is -0.468 e. The van der Waals surface area contributed by atoms with Crippen LogP contribution in [-0.4, -0.2) is 67.7 Å². The van der Waals surface area contributed by atoms with E-state index in [1.54, 1.807) is 0 Å². The van der Waals surface area contributed by atoms with Gasteiger partial charge in [0.1, 0.15) is 6.04 Å². The molecule has 1 atom stereocenters. The number of methoxy groups -OCH3 is 1. The van der Waals surface area contributed by atoms with Crippen molar-refractivity contribution in [3.63, 3.8) is 0 Å². The molecule has 1 saturated heterocycles. The largest absolute Gasteiger partial charge is 0.468 e. The monoisotopic (exact) mass is 229 g/mol. The lowest BCUT2D eigenvalue weighted by atomic mass is 9.99. The summed E-state index contributed by atoms with van der Waals surface area (Å²) in [5.41, 5.74) is 5.89. The SMILES string of the molecule is COC(=O)C(N)CN1CCN(C)C(C)(C)C1. The van der Waals surface area contributed by atoms with Crippen LogP contribution in [-0.2, 0) is 9.53 Å². The zero-order valence-corrected chi connectivity index (χ0v) is 10.7. The summed E-state index contributed by atoms with van der Waals surface area (Å²) in [5.74, 6) is -0.336. The molecule has 1 aliphatic heterocycles. The highest BCUT2D eigenvalue weighted by Crippen LogP contribution is 2.18. The Morgan fingerprint density at radius 3 is 2.62 bits per heavy atom. The zero-order valence-electron chi connectivity index (χ0n) is 10.7. The van der Waals surface area contributed by atoms with E-state index in [-0.39, 0.29) is 11.5 Å². The predicted molar refractivity (Wildman–Crippen MR) is 63.1 cm³/mol. The van der Waals surface area contributed by atoms with E-state index in [2.05, 4.69) is 35.4 Å². The molecule has 0 aromatic carbocycles. The van der Waals surface area contributed by atoms with Crippen LogP contribution in [0.1, 0.15) is 13.8 Å². The Morgan fingerprint density at radius 1 is 1.50 bits per heavy atom. The van der Waals surface area contributed by atoms with Gasteiger partial charge in [-0.25, -0.2) is 0 Å². The Labute approximate surface area is 97.5 Å². The summed E-state index contributed by atoms with van der Waals surface area (Å²) in [6, 6.07) is -0.538. The van der Waals surface area contributed by atoms with E-state index in [0.29, 0.717) is 6.54 Å². The molecule has 0 spiro atoms. The van der Waals surface area contributed by atoms with E-state index >= 15 is 0 Å². The van der Waals surface area contributed by atoms with Crippen LogP contribution in [0.3, 0.4) is 0 Å². The van der Waals surface area contributed by atoms with Gasteiger partial charge in [-0.1, -0.05) is 0 Å². The average Bonchev–Trinajstić information content (AvgIpc) is 2.21. The second-order valence-corrected chi connectivity index (χ2v) is 5.10. The van der Waals surface area contributed by atoms with Gasteiger partial charge in [-0.05, 0) is 20.9 Å². The number of carbonyl (C=O) groups is 1. The van der Waals surface area contributed by atoms with E-state index < -0.39 is 6.04 Å². The number of ether oxygens (including phenoxy) is 1. The van der Waals surface area contributed by atoms with Gasteiger partial charge in [0.05, 0.1) is 7.11 Å². The lowest BCUT2D eigenvalue weighted by molar-refractivity contribution is -0.142. The molecule has 1 heterocycles. The summed E-state index contributed by atoms with van der Waals surface area (Å²) in [6.45, 7) is 7.84. The van der Waals surface area contributed by atoms with Gasteiger partial charge >= 0.3 is 5.97 Å². The highest BCUT2D eigenvalue weighted by atomic mass is 16.5. The second-order valence-electron chi connectivity index (χ2n) is 5.10. The second kappa shape index (κ2) is 5.12. The highest BCUT2D eigenvalue weighted by molar-refractivity contribution is 5.75. The van der Waals surface area contributed by atoms with Gasteiger partial charge in [-0.15, -0.1) is 0 Å². The molecule has 0 saturated carbocycles. The van der Waals surface area contributed by atoms with Crippen molar-refractivity contribution in [1.29, 1.82) is 0 Å². The normalized spacial score (nSPS) is 24.1. The van der Waals surface area contributed by atoms with Crippen molar-refractivity contribution in [2.75, 3.05) is 40.3 Å². The molecule has 1 fully saturated rings. The van der Waals surface area contributed by atoms with Crippen LogP contribution in [0.25, 0.3) is 0 Å². The third-order valence-corrected chi connectivity index (χ3v) is 3.35. The van der Waals surface area contributed by atoms with Crippen molar-refractivity contribution < 1.29 is 9.53 Å². The van der Waals surface area contributed by atoms with Crippen LogP contribution < -0.4 is 5.73 Å². The molecule has 0 aromatic heterocycles. The number of nitrogens with two attached hydrogens (primary N) is 1. The van der Waals surface area contributed by atoms with Crippen LogP contribution in [0.15, 0.2) is 0 Å².